The molecule has 0 aromatic heterocycles. The van der Waals surface area contributed by atoms with E-state index in [2.05, 4.69) is 25.4 Å². The summed E-state index contributed by atoms with van der Waals surface area (Å²) in [5, 5.41) is 0. The molecule has 0 spiro atoms. The maximum atomic E-state index is 4.15. The number of aliphatic imine (C=N–C) groups is 1. The van der Waals surface area contributed by atoms with Crippen LogP contribution in [0.4, 0.5) is 0 Å². The van der Waals surface area contributed by atoms with Crippen LogP contribution >= 0.6 is 0 Å². The van der Waals surface area contributed by atoms with Crippen molar-refractivity contribution < 1.29 is 0 Å². The fraction of sp³-hybridized carbons (Fsp3) is 0.500. The Morgan fingerprint density at radius 2 is 2.17 bits per heavy atom. The van der Waals surface area contributed by atoms with E-state index in [1.54, 1.807) is 6.34 Å². The van der Waals surface area contributed by atoms with Gasteiger partial charge >= 0.3 is 0 Å². The summed E-state index contributed by atoms with van der Waals surface area (Å²) in [7, 11) is 1.99. The molecule has 0 aliphatic heterocycles. The molecule has 0 unspecified atom stereocenters. The highest BCUT2D eigenvalue weighted by atomic mass is 15.1. The van der Waals surface area contributed by atoms with E-state index in [-0.39, 0.29) is 0 Å². The second kappa shape index (κ2) is 6.65. The molecule has 0 aromatic carbocycles. The smallest absolute Gasteiger partial charge is 0.0909 e. The minimum Gasteiger partial charge on any atom is -0.366 e. The summed E-state index contributed by atoms with van der Waals surface area (Å²) in [5.41, 5.74) is 0.803. The van der Waals surface area contributed by atoms with Gasteiger partial charge in [0, 0.05) is 13.6 Å². The maximum absolute atomic E-state index is 4.15. The van der Waals surface area contributed by atoms with Crippen LogP contribution in [-0.4, -0.2) is 24.8 Å². The van der Waals surface area contributed by atoms with Crippen LogP contribution in [0.15, 0.2) is 29.4 Å². The van der Waals surface area contributed by atoms with Crippen LogP contribution in [-0.2, 0) is 0 Å². The van der Waals surface area contributed by atoms with Gasteiger partial charge in [-0.3, -0.25) is 0 Å². The average Bonchev–Trinajstić information content (AvgIpc) is 2.10. The third kappa shape index (κ3) is 5.71. The Labute approximate surface area is 75.3 Å². The molecule has 0 bridgehead atoms. The summed E-state index contributed by atoms with van der Waals surface area (Å²) in [4.78, 5) is 6.16. The van der Waals surface area contributed by atoms with E-state index >= 15 is 0 Å². The summed E-state index contributed by atoms with van der Waals surface area (Å²) in [6.07, 6.45) is 6.80. The molecule has 0 rings (SSSR count). The number of allylic oxidation sites excluding steroid dienone is 2. The fourth-order valence-corrected chi connectivity index (χ4v) is 0.551. The van der Waals surface area contributed by atoms with Crippen molar-refractivity contribution >= 4 is 6.34 Å². The van der Waals surface area contributed by atoms with Crippen molar-refractivity contribution in [2.75, 3.05) is 13.6 Å². The molecule has 0 aliphatic rings. The zero-order valence-electron chi connectivity index (χ0n) is 8.25. The van der Waals surface area contributed by atoms with E-state index in [0.29, 0.717) is 0 Å². The molecule has 0 fully saturated rings. The van der Waals surface area contributed by atoms with E-state index < -0.39 is 0 Å². The summed E-state index contributed by atoms with van der Waals surface area (Å²) in [6, 6.07) is 0. The molecule has 2 heteroatoms. The third-order valence-corrected chi connectivity index (χ3v) is 1.47. The van der Waals surface area contributed by atoms with Crippen molar-refractivity contribution in [3.8, 4) is 0 Å². The number of rotatable bonds is 5. The summed E-state index contributed by atoms with van der Waals surface area (Å²) >= 11 is 0. The minimum absolute atomic E-state index is 0.803. The second-order valence-corrected chi connectivity index (χ2v) is 2.62. The Morgan fingerprint density at radius 1 is 1.50 bits per heavy atom. The third-order valence-electron chi connectivity index (χ3n) is 1.47. The molecule has 0 saturated heterocycles. The Morgan fingerprint density at radius 3 is 2.67 bits per heavy atom. The lowest BCUT2D eigenvalue weighted by Gasteiger charge is -2.07. The van der Waals surface area contributed by atoms with Crippen molar-refractivity contribution in [2.24, 2.45) is 4.99 Å². The normalized spacial score (nSPS) is 11.2. The summed E-state index contributed by atoms with van der Waals surface area (Å²) in [5.74, 6) is 0. The SMILES string of the molecule is C=C(/C=C\CC)N=CN(C)CC. The predicted molar refractivity (Wildman–Crippen MR) is 55.4 cm³/mol. The second-order valence-electron chi connectivity index (χ2n) is 2.62. The summed E-state index contributed by atoms with van der Waals surface area (Å²) < 4.78 is 0. The molecule has 12 heavy (non-hydrogen) atoms. The van der Waals surface area contributed by atoms with Gasteiger partial charge in [-0.2, -0.15) is 0 Å². The molecule has 2 nitrogen and oxygen atoms in total. The van der Waals surface area contributed by atoms with Crippen LogP contribution < -0.4 is 0 Å². The molecular formula is C10H18N2. The zero-order chi connectivity index (χ0) is 9.40. The first-order valence-electron chi connectivity index (χ1n) is 4.30. The van der Waals surface area contributed by atoms with Gasteiger partial charge in [-0.25, -0.2) is 4.99 Å². The van der Waals surface area contributed by atoms with Crippen LogP contribution in [0.1, 0.15) is 20.3 Å². The van der Waals surface area contributed by atoms with E-state index in [0.717, 1.165) is 18.7 Å². The number of nitrogens with zero attached hydrogens (tertiary/aromatic N) is 2. The van der Waals surface area contributed by atoms with E-state index in [1.807, 2.05) is 24.1 Å². The standard InChI is InChI=1S/C10H18N2/c1-5-7-8-10(3)11-9-12(4)6-2/h7-9H,3,5-6H2,1-2,4H3/b8-7-,11-9?. The van der Waals surface area contributed by atoms with Gasteiger partial charge in [-0.05, 0) is 19.4 Å². The van der Waals surface area contributed by atoms with Gasteiger partial charge in [0.2, 0.25) is 0 Å². The first-order valence-corrected chi connectivity index (χ1v) is 4.30. The largest absolute Gasteiger partial charge is 0.366 e. The molecule has 0 N–H and O–H groups in total. The first kappa shape index (κ1) is 11.0. The quantitative estimate of drug-likeness (QED) is 0.348. The average molecular weight is 166 g/mol. The lowest BCUT2D eigenvalue weighted by molar-refractivity contribution is 0.551. The van der Waals surface area contributed by atoms with Gasteiger partial charge in [0.05, 0.1) is 12.0 Å². The highest BCUT2D eigenvalue weighted by Crippen LogP contribution is 1.95. The van der Waals surface area contributed by atoms with Gasteiger partial charge in [-0.1, -0.05) is 19.6 Å². The van der Waals surface area contributed by atoms with Crippen LogP contribution in [0.25, 0.3) is 0 Å². The Balaban J connectivity index is 3.83. The first-order chi connectivity index (χ1) is 5.70. The van der Waals surface area contributed by atoms with Gasteiger partial charge in [0.25, 0.3) is 0 Å². The zero-order valence-corrected chi connectivity index (χ0v) is 8.25. The molecule has 0 amide bonds. The molecule has 0 radical (unpaired) electrons. The highest BCUT2D eigenvalue weighted by Gasteiger charge is 1.84. The number of hydrogen-bond acceptors (Lipinski definition) is 1. The van der Waals surface area contributed by atoms with Crippen molar-refractivity contribution in [1.82, 2.24) is 4.90 Å². The lowest BCUT2D eigenvalue weighted by Crippen LogP contribution is -2.14. The fourth-order valence-electron chi connectivity index (χ4n) is 0.551. The minimum atomic E-state index is 0.803. The summed E-state index contributed by atoms with van der Waals surface area (Å²) in [6.45, 7) is 8.92. The van der Waals surface area contributed by atoms with Gasteiger partial charge in [0.1, 0.15) is 0 Å². The van der Waals surface area contributed by atoms with Crippen molar-refractivity contribution in [1.29, 1.82) is 0 Å². The number of hydrogen-bond donors (Lipinski definition) is 0. The molecule has 0 saturated carbocycles. The monoisotopic (exact) mass is 166 g/mol. The van der Waals surface area contributed by atoms with Crippen LogP contribution in [0.3, 0.4) is 0 Å². The van der Waals surface area contributed by atoms with Gasteiger partial charge in [0.15, 0.2) is 0 Å². The molecule has 68 valence electrons. The van der Waals surface area contributed by atoms with Crippen LogP contribution in [0, 0.1) is 0 Å². The molecule has 0 aliphatic carbocycles. The highest BCUT2D eigenvalue weighted by molar-refractivity contribution is 5.56. The molecule has 0 aromatic rings. The molecular weight excluding hydrogens is 148 g/mol. The Hall–Kier alpha value is -1.05. The van der Waals surface area contributed by atoms with Gasteiger partial charge in [-0.15, -0.1) is 0 Å². The van der Waals surface area contributed by atoms with Gasteiger partial charge < -0.3 is 4.90 Å². The maximum Gasteiger partial charge on any atom is 0.0909 e. The predicted octanol–water partition coefficient (Wildman–Crippen LogP) is 2.45. The topological polar surface area (TPSA) is 15.6 Å². The molecule has 0 atom stereocenters. The lowest BCUT2D eigenvalue weighted by atomic mass is 10.4. The van der Waals surface area contributed by atoms with Crippen molar-refractivity contribution in [2.45, 2.75) is 20.3 Å². The van der Waals surface area contributed by atoms with Crippen LogP contribution in [0.2, 0.25) is 0 Å². The van der Waals surface area contributed by atoms with E-state index in [1.165, 1.54) is 0 Å². The van der Waals surface area contributed by atoms with Crippen LogP contribution in [0.5, 0.6) is 0 Å². The molecule has 0 heterocycles. The Kier molecular flexibility index (Phi) is 6.07. The van der Waals surface area contributed by atoms with Crippen molar-refractivity contribution in [3.63, 3.8) is 0 Å². The van der Waals surface area contributed by atoms with E-state index in [9.17, 15) is 0 Å². The van der Waals surface area contributed by atoms with E-state index in [4.69, 9.17) is 0 Å². The Bertz CT molecular complexity index is 180. The van der Waals surface area contributed by atoms with Crippen molar-refractivity contribution in [3.05, 3.63) is 24.4 Å².